The molecule has 0 unspecified atom stereocenters. The number of methoxy groups -OCH3 is 1. The average molecular weight is 391 g/mol. The van der Waals surface area contributed by atoms with Crippen LogP contribution in [0.5, 0.6) is 11.5 Å². The standard InChI is InChI=1S/C19H25N3O4S/c1-12-14(3)22(7-8-24-4)19(21-12)27-10-18(23)20-13(2)15-5-6-16-17(9-15)26-11-25-16/h5-6,9,13H,7-8,10-11H2,1-4H3,(H,20,23)/t13-/m0/s1. The van der Waals surface area contributed by atoms with Crippen LogP contribution >= 0.6 is 11.8 Å². The second kappa shape index (κ2) is 8.67. The zero-order valence-corrected chi connectivity index (χ0v) is 16.9. The Balaban J connectivity index is 1.57. The maximum absolute atomic E-state index is 12.4. The van der Waals surface area contributed by atoms with Gasteiger partial charge in [0, 0.05) is 19.3 Å². The largest absolute Gasteiger partial charge is 0.454 e. The molecule has 1 aliphatic rings. The number of hydrogen-bond acceptors (Lipinski definition) is 6. The molecule has 0 saturated heterocycles. The monoisotopic (exact) mass is 391 g/mol. The summed E-state index contributed by atoms with van der Waals surface area (Å²) in [5.74, 6) is 1.72. The van der Waals surface area contributed by atoms with Crippen molar-refractivity contribution < 1.29 is 19.0 Å². The van der Waals surface area contributed by atoms with Crippen molar-refractivity contribution in [1.82, 2.24) is 14.9 Å². The van der Waals surface area contributed by atoms with Crippen molar-refractivity contribution in [2.24, 2.45) is 0 Å². The van der Waals surface area contributed by atoms with Crippen molar-refractivity contribution in [3.05, 3.63) is 35.2 Å². The Morgan fingerprint density at radius 1 is 1.37 bits per heavy atom. The Hall–Kier alpha value is -2.19. The van der Waals surface area contributed by atoms with E-state index in [1.54, 1.807) is 7.11 Å². The van der Waals surface area contributed by atoms with Gasteiger partial charge in [0.25, 0.3) is 0 Å². The van der Waals surface area contributed by atoms with Crippen molar-refractivity contribution in [2.75, 3.05) is 26.3 Å². The van der Waals surface area contributed by atoms with E-state index >= 15 is 0 Å². The Kier molecular flexibility index (Phi) is 6.28. The predicted molar refractivity (Wildman–Crippen MR) is 103 cm³/mol. The van der Waals surface area contributed by atoms with Crippen molar-refractivity contribution in [3.63, 3.8) is 0 Å². The highest BCUT2D eigenvalue weighted by molar-refractivity contribution is 7.99. The minimum atomic E-state index is -0.121. The number of carbonyl (C=O) groups is 1. The Morgan fingerprint density at radius 2 is 2.15 bits per heavy atom. The summed E-state index contributed by atoms with van der Waals surface area (Å²) in [4.78, 5) is 17.0. The van der Waals surface area contributed by atoms with Crippen LogP contribution in [0.2, 0.25) is 0 Å². The Morgan fingerprint density at radius 3 is 2.93 bits per heavy atom. The first-order valence-electron chi connectivity index (χ1n) is 8.84. The first-order valence-corrected chi connectivity index (χ1v) is 9.82. The van der Waals surface area contributed by atoms with Gasteiger partial charge in [-0.2, -0.15) is 0 Å². The Labute approximate surface area is 163 Å². The molecular weight excluding hydrogens is 366 g/mol. The summed E-state index contributed by atoms with van der Waals surface area (Å²) in [6.07, 6.45) is 0. The van der Waals surface area contributed by atoms with Crippen molar-refractivity contribution in [3.8, 4) is 11.5 Å². The summed E-state index contributed by atoms with van der Waals surface area (Å²) in [5.41, 5.74) is 3.05. The molecule has 0 fully saturated rings. The van der Waals surface area contributed by atoms with Gasteiger partial charge < -0.3 is 24.1 Å². The summed E-state index contributed by atoms with van der Waals surface area (Å²) >= 11 is 1.44. The molecule has 1 amide bonds. The number of rotatable bonds is 8. The molecule has 7 nitrogen and oxygen atoms in total. The second-order valence-electron chi connectivity index (χ2n) is 6.40. The number of carbonyl (C=O) groups excluding carboxylic acids is 1. The number of amides is 1. The van der Waals surface area contributed by atoms with E-state index in [0.717, 1.165) is 34.4 Å². The third-order valence-corrected chi connectivity index (χ3v) is 5.52. The number of benzene rings is 1. The van der Waals surface area contributed by atoms with Gasteiger partial charge in [-0.1, -0.05) is 17.8 Å². The molecule has 146 valence electrons. The van der Waals surface area contributed by atoms with Gasteiger partial charge in [-0.05, 0) is 38.5 Å². The molecule has 3 rings (SSSR count). The minimum absolute atomic E-state index is 0.0400. The molecule has 1 N–H and O–H groups in total. The smallest absolute Gasteiger partial charge is 0.231 e. The van der Waals surface area contributed by atoms with Gasteiger partial charge in [0.1, 0.15) is 0 Å². The van der Waals surface area contributed by atoms with Crippen LogP contribution in [0.15, 0.2) is 23.4 Å². The minimum Gasteiger partial charge on any atom is -0.454 e. The van der Waals surface area contributed by atoms with Gasteiger partial charge in [0.2, 0.25) is 12.7 Å². The van der Waals surface area contributed by atoms with Gasteiger partial charge in [-0.15, -0.1) is 0 Å². The molecule has 0 saturated carbocycles. The van der Waals surface area contributed by atoms with E-state index < -0.39 is 0 Å². The molecule has 0 radical (unpaired) electrons. The van der Waals surface area contributed by atoms with Gasteiger partial charge in [-0.3, -0.25) is 4.79 Å². The van der Waals surface area contributed by atoms with E-state index in [2.05, 4.69) is 14.9 Å². The van der Waals surface area contributed by atoms with Crippen molar-refractivity contribution in [2.45, 2.75) is 38.5 Å². The predicted octanol–water partition coefficient (Wildman–Crippen LogP) is 2.84. The molecule has 8 heteroatoms. The molecule has 27 heavy (non-hydrogen) atoms. The lowest BCUT2D eigenvalue weighted by molar-refractivity contribution is -0.119. The third kappa shape index (κ3) is 4.56. The van der Waals surface area contributed by atoms with E-state index in [1.807, 2.05) is 39.0 Å². The summed E-state index contributed by atoms with van der Waals surface area (Å²) in [6.45, 7) is 7.53. The zero-order chi connectivity index (χ0) is 19.4. The maximum Gasteiger partial charge on any atom is 0.231 e. The van der Waals surface area contributed by atoms with E-state index in [4.69, 9.17) is 14.2 Å². The van der Waals surface area contributed by atoms with E-state index in [0.29, 0.717) is 18.1 Å². The first kappa shape index (κ1) is 19.6. The number of imidazole rings is 1. The number of thioether (sulfide) groups is 1. The van der Waals surface area contributed by atoms with Crippen molar-refractivity contribution >= 4 is 17.7 Å². The lowest BCUT2D eigenvalue weighted by atomic mass is 10.1. The molecule has 1 aliphatic heterocycles. The Bertz CT molecular complexity index is 822. The number of aromatic nitrogens is 2. The van der Waals surface area contributed by atoms with E-state index in [9.17, 15) is 4.79 Å². The van der Waals surface area contributed by atoms with Crippen LogP contribution in [0, 0.1) is 13.8 Å². The van der Waals surface area contributed by atoms with Crippen molar-refractivity contribution in [1.29, 1.82) is 0 Å². The molecule has 2 heterocycles. The van der Waals surface area contributed by atoms with E-state index in [1.165, 1.54) is 11.8 Å². The molecule has 0 bridgehead atoms. The highest BCUT2D eigenvalue weighted by atomic mass is 32.2. The zero-order valence-electron chi connectivity index (χ0n) is 16.1. The fourth-order valence-corrected chi connectivity index (χ4v) is 3.79. The maximum atomic E-state index is 12.4. The van der Waals surface area contributed by atoms with Gasteiger partial charge in [0.15, 0.2) is 16.7 Å². The molecule has 1 aromatic heterocycles. The average Bonchev–Trinajstić information content (AvgIpc) is 3.22. The van der Waals surface area contributed by atoms with Crippen LogP contribution in [-0.4, -0.2) is 41.7 Å². The van der Waals surface area contributed by atoms with Crippen LogP contribution in [0.4, 0.5) is 0 Å². The fraction of sp³-hybridized carbons (Fsp3) is 0.474. The van der Waals surface area contributed by atoms with Crippen LogP contribution in [0.3, 0.4) is 0 Å². The molecule has 1 atom stereocenters. The molecule has 0 aliphatic carbocycles. The number of ether oxygens (including phenoxy) is 3. The van der Waals surface area contributed by atoms with Gasteiger partial charge in [0.05, 0.1) is 24.1 Å². The fourth-order valence-electron chi connectivity index (χ4n) is 2.86. The normalized spacial score (nSPS) is 13.6. The van der Waals surface area contributed by atoms with Crippen LogP contribution in [-0.2, 0) is 16.1 Å². The molecule has 1 aromatic carbocycles. The molecule has 0 spiro atoms. The summed E-state index contributed by atoms with van der Waals surface area (Å²) in [7, 11) is 1.68. The summed E-state index contributed by atoms with van der Waals surface area (Å²) in [6, 6.07) is 5.59. The number of aryl methyl sites for hydroxylation is 1. The highest BCUT2D eigenvalue weighted by Crippen LogP contribution is 2.34. The summed E-state index contributed by atoms with van der Waals surface area (Å²) in [5, 5.41) is 3.86. The number of nitrogens with one attached hydrogen (secondary N) is 1. The number of hydrogen-bond donors (Lipinski definition) is 1. The van der Waals surface area contributed by atoms with Crippen LogP contribution in [0.25, 0.3) is 0 Å². The topological polar surface area (TPSA) is 74.6 Å². The van der Waals surface area contributed by atoms with E-state index in [-0.39, 0.29) is 18.7 Å². The van der Waals surface area contributed by atoms with Gasteiger partial charge in [-0.25, -0.2) is 4.98 Å². The van der Waals surface area contributed by atoms with Gasteiger partial charge >= 0.3 is 0 Å². The lowest BCUT2D eigenvalue weighted by Crippen LogP contribution is -2.28. The van der Waals surface area contributed by atoms with Crippen LogP contribution in [0.1, 0.15) is 29.9 Å². The number of nitrogens with zero attached hydrogens (tertiary/aromatic N) is 2. The molecular formula is C19H25N3O4S. The second-order valence-corrected chi connectivity index (χ2v) is 7.34. The quantitative estimate of drug-likeness (QED) is 0.698. The third-order valence-electron chi connectivity index (χ3n) is 4.55. The SMILES string of the molecule is COCCn1c(SCC(=O)N[C@@H](C)c2ccc3c(c2)OCO3)nc(C)c1C. The number of fused-ring (bicyclic) bond motifs is 1. The lowest BCUT2D eigenvalue weighted by Gasteiger charge is -2.15. The van der Waals surface area contributed by atoms with Crippen LogP contribution < -0.4 is 14.8 Å². The molecule has 2 aromatic rings. The highest BCUT2D eigenvalue weighted by Gasteiger charge is 2.18. The summed E-state index contributed by atoms with van der Waals surface area (Å²) < 4.78 is 18.0. The first-order chi connectivity index (χ1) is 13.0.